The topological polar surface area (TPSA) is 63.2 Å². The first kappa shape index (κ1) is 14.0. The summed E-state index contributed by atoms with van der Waals surface area (Å²) >= 11 is 0. The summed E-state index contributed by atoms with van der Waals surface area (Å²) in [6.45, 7) is 5.06. The highest BCUT2D eigenvalue weighted by Crippen LogP contribution is 2.34. The molecular formula is C13H23NO3S. The van der Waals surface area contributed by atoms with Crippen LogP contribution in [0.25, 0.3) is 0 Å². The van der Waals surface area contributed by atoms with E-state index in [9.17, 15) is 13.2 Å². The van der Waals surface area contributed by atoms with Gasteiger partial charge in [-0.1, -0.05) is 0 Å². The van der Waals surface area contributed by atoms with Gasteiger partial charge in [0.15, 0.2) is 9.84 Å². The van der Waals surface area contributed by atoms with Crippen molar-refractivity contribution in [2.75, 3.05) is 5.75 Å². The number of ketones is 1. The van der Waals surface area contributed by atoms with Crippen molar-refractivity contribution in [3.05, 3.63) is 0 Å². The number of nitrogens with one attached hydrogen (secondary N) is 1. The molecule has 2 fully saturated rings. The molecule has 2 rings (SSSR count). The average Bonchev–Trinajstić information content (AvgIpc) is 2.85. The molecule has 1 N–H and O–H groups in total. The van der Waals surface area contributed by atoms with E-state index < -0.39 is 14.6 Å². The van der Waals surface area contributed by atoms with Crippen LogP contribution >= 0.6 is 0 Å². The fourth-order valence-corrected chi connectivity index (χ4v) is 3.99. The van der Waals surface area contributed by atoms with E-state index in [1.807, 2.05) is 0 Å². The van der Waals surface area contributed by atoms with E-state index >= 15 is 0 Å². The maximum atomic E-state index is 12.1. The molecule has 3 atom stereocenters. The number of fused-ring (bicyclic) bond motifs is 2. The van der Waals surface area contributed by atoms with E-state index in [0.717, 1.165) is 19.3 Å². The lowest BCUT2D eigenvalue weighted by molar-refractivity contribution is -0.123. The van der Waals surface area contributed by atoms with E-state index in [-0.39, 0.29) is 23.9 Å². The van der Waals surface area contributed by atoms with Gasteiger partial charge in [0.05, 0.1) is 10.5 Å². The Hall–Kier alpha value is -0.420. The lowest BCUT2D eigenvalue weighted by Gasteiger charge is -2.21. The monoisotopic (exact) mass is 273 g/mol. The minimum absolute atomic E-state index is 0.0107. The van der Waals surface area contributed by atoms with Gasteiger partial charge in [0.1, 0.15) is 5.78 Å². The van der Waals surface area contributed by atoms with Crippen LogP contribution in [-0.4, -0.2) is 36.8 Å². The van der Waals surface area contributed by atoms with Crippen LogP contribution in [-0.2, 0) is 14.6 Å². The second-order valence-electron chi connectivity index (χ2n) is 6.54. The van der Waals surface area contributed by atoms with E-state index in [1.54, 1.807) is 20.8 Å². The third-order valence-corrected chi connectivity index (χ3v) is 6.87. The molecule has 2 bridgehead atoms. The zero-order valence-electron chi connectivity index (χ0n) is 11.4. The number of rotatable bonds is 4. The molecule has 18 heavy (non-hydrogen) atoms. The van der Waals surface area contributed by atoms with Gasteiger partial charge in [0.2, 0.25) is 0 Å². The van der Waals surface area contributed by atoms with Gasteiger partial charge in [-0.2, -0.15) is 0 Å². The maximum Gasteiger partial charge on any atom is 0.155 e. The van der Waals surface area contributed by atoms with E-state index in [2.05, 4.69) is 5.32 Å². The molecule has 0 amide bonds. The maximum absolute atomic E-state index is 12.1. The minimum Gasteiger partial charge on any atom is -0.310 e. The Kier molecular flexibility index (Phi) is 3.58. The van der Waals surface area contributed by atoms with Crippen LogP contribution in [0.1, 0.15) is 46.5 Å². The Morgan fingerprint density at radius 1 is 1.28 bits per heavy atom. The molecule has 2 saturated heterocycles. The van der Waals surface area contributed by atoms with Crippen LogP contribution in [0.3, 0.4) is 0 Å². The number of Topliss-reactive ketones (excluding diaryl/α,β-unsaturated/α-hetero) is 1. The molecular weight excluding hydrogens is 250 g/mol. The van der Waals surface area contributed by atoms with Gasteiger partial charge in [-0.3, -0.25) is 4.79 Å². The first-order valence-electron chi connectivity index (χ1n) is 6.72. The van der Waals surface area contributed by atoms with Crippen molar-refractivity contribution in [1.29, 1.82) is 0 Å². The van der Waals surface area contributed by atoms with Crippen LogP contribution in [0.5, 0.6) is 0 Å². The molecule has 0 aromatic carbocycles. The van der Waals surface area contributed by atoms with Crippen molar-refractivity contribution in [3.8, 4) is 0 Å². The highest BCUT2D eigenvalue weighted by Gasteiger charge is 2.42. The smallest absolute Gasteiger partial charge is 0.155 e. The highest BCUT2D eigenvalue weighted by atomic mass is 32.2. The van der Waals surface area contributed by atoms with Crippen LogP contribution in [0.4, 0.5) is 0 Å². The van der Waals surface area contributed by atoms with Crippen LogP contribution < -0.4 is 5.32 Å². The number of hydrogen-bond donors (Lipinski definition) is 1. The van der Waals surface area contributed by atoms with Gasteiger partial charge < -0.3 is 5.32 Å². The molecule has 2 aliphatic heterocycles. The van der Waals surface area contributed by atoms with Crippen molar-refractivity contribution < 1.29 is 13.2 Å². The summed E-state index contributed by atoms with van der Waals surface area (Å²) in [6, 6.07) is 0.794. The lowest BCUT2D eigenvalue weighted by Crippen LogP contribution is -2.34. The molecule has 0 aliphatic carbocycles. The third kappa shape index (κ3) is 2.62. The van der Waals surface area contributed by atoms with Crippen LogP contribution in [0, 0.1) is 5.92 Å². The first-order valence-corrected chi connectivity index (χ1v) is 8.37. The molecule has 0 aromatic rings. The molecule has 2 heterocycles. The van der Waals surface area contributed by atoms with E-state index in [4.69, 9.17) is 0 Å². The summed E-state index contributed by atoms with van der Waals surface area (Å²) in [6.07, 6.45) is 3.30. The molecule has 104 valence electrons. The highest BCUT2D eigenvalue weighted by molar-refractivity contribution is 7.92. The number of hydrogen-bond acceptors (Lipinski definition) is 4. The normalized spacial score (nSPS) is 31.8. The molecule has 0 radical (unpaired) electrons. The van der Waals surface area contributed by atoms with Crippen LogP contribution in [0.2, 0.25) is 0 Å². The second-order valence-corrected chi connectivity index (χ2v) is 9.40. The Morgan fingerprint density at radius 3 is 2.39 bits per heavy atom. The summed E-state index contributed by atoms with van der Waals surface area (Å²) in [5.41, 5.74) is 0. The van der Waals surface area contributed by atoms with Gasteiger partial charge in [-0.25, -0.2) is 8.42 Å². The zero-order chi connectivity index (χ0) is 13.6. The first-order chi connectivity index (χ1) is 8.21. The average molecular weight is 273 g/mol. The van der Waals surface area contributed by atoms with E-state index in [1.165, 1.54) is 0 Å². The van der Waals surface area contributed by atoms with Gasteiger partial charge in [-0.05, 0) is 40.0 Å². The molecule has 0 aromatic heterocycles. The van der Waals surface area contributed by atoms with Crippen molar-refractivity contribution in [2.24, 2.45) is 5.92 Å². The molecule has 5 heteroatoms. The van der Waals surface area contributed by atoms with Gasteiger partial charge in [-0.15, -0.1) is 0 Å². The Labute approximate surface area is 109 Å². The number of carbonyl (C=O) groups is 1. The largest absolute Gasteiger partial charge is 0.310 e. The Morgan fingerprint density at radius 2 is 1.94 bits per heavy atom. The summed E-state index contributed by atoms with van der Waals surface area (Å²) in [7, 11) is -3.18. The predicted octanol–water partition coefficient (Wildman–Crippen LogP) is 1.30. The molecule has 0 spiro atoms. The SMILES string of the molecule is CC(C)(C)S(=O)(=O)CCC(=O)C1CC2CCC1N2. The van der Waals surface area contributed by atoms with Crippen molar-refractivity contribution >= 4 is 15.6 Å². The molecule has 2 aliphatic rings. The predicted molar refractivity (Wildman–Crippen MR) is 71.2 cm³/mol. The Balaban J connectivity index is 1.90. The lowest BCUT2D eigenvalue weighted by atomic mass is 9.85. The van der Waals surface area contributed by atoms with Crippen molar-refractivity contribution in [3.63, 3.8) is 0 Å². The third-order valence-electron chi connectivity index (χ3n) is 4.26. The fourth-order valence-electron chi connectivity index (χ4n) is 2.91. The second kappa shape index (κ2) is 4.60. The quantitative estimate of drug-likeness (QED) is 0.838. The molecule has 4 nitrogen and oxygen atoms in total. The Bertz CT molecular complexity index is 436. The zero-order valence-corrected chi connectivity index (χ0v) is 12.2. The number of sulfone groups is 1. The fraction of sp³-hybridized carbons (Fsp3) is 0.923. The summed E-state index contributed by atoms with van der Waals surface area (Å²) in [5.74, 6) is 0.171. The van der Waals surface area contributed by atoms with Gasteiger partial charge in [0.25, 0.3) is 0 Å². The molecule has 0 saturated carbocycles. The van der Waals surface area contributed by atoms with Crippen molar-refractivity contribution in [1.82, 2.24) is 5.32 Å². The minimum atomic E-state index is -3.18. The van der Waals surface area contributed by atoms with Gasteiger partial charge >= 0.3 is 0 Å². The van der Waals surface area contributed by atoms with Crippen molar-refractivity contribution in [2.45, 2.75) is 63.3 Å². The molecule has 3 unspecified atom stereocenters. The van der Waals surface area contributed by atoms with Crippen LogP contribution in [0.15, 0.2) is 0 Å². The summed E-state index contributed by atoms with van der Waals surface area (Å²) in [5, 5.41) is 3.42. The van der Waals surface area contributed by atoms with E-state index in [0.29, 0.717) is 12.1 Å². The summed E-state index contributed by atoms with van der Waals surface area (Å²) in [4.78, 5) is 12.1. The summed E-state index contributed by atoms with van der Waals surface area (Å²) < 4.78 is 23.2. The standard InChI is InChI=1S/C13H23NO3S/c1-13(2,3)18(16,17)7-6-12(15)10-8-9-4-5-11(10)14-9/h9-11,14H,4-8H2,1-3H3. The number of carbonyl (C=O) groups excluding carboxylic acids is 1. The van der Waals surface area contributed by atoms with Gasteiger partial charge in [0, 0.05) is 24.4 Å².